The van der Waals surface area contributed by atoms with Crippen molar-refractivity contribution in [3.05, 3.63) is 0 Å². The SMILES string of the molecule is CC[C@H](C)[C@H](N)C(=O)NCCCC(F)(F)F. The van der Waals surface area contributed by atoms with Gasteiger partial charge in [-0.05, 0) is 12.3 Å². The molecule has 0 bridgehead atoms. The number of rotatable bonds is 6. The lowest BCUT2D eigenvalue weighted by Gasteiger charge is -2.17. The number of nitrogens with one attached hydrogen (secondary N) is 1. The molecule has 0 aliphatic rings. The number of hydrogen-bond donors (Lipinski definition) is 2. The highest BCUT2D eigenvalue weighted by molar-refractivity contribution is 5.81. The van der Waals surface area contributed by atoms with E-state index in [1.165, 1.54) is 0 Å². The molecule has 0 heterocycles. The minimum absolute atomic E-state index is 0.0163. The molecule has 0 fully saturated rings. The minimum atomic E-state index is -4.16. The van der Waals surface area contributed by atoms with Gasteiger partial charge in [0.25, 0.3) is 0 Å². The molecule has 0 aromatic carbocycles. The maximum Gasteiger partial charge on any atom is 0.389 e. The van der Waals surface area contributed by atoms with Crippen molar-refractivity contribution < 1.29 is 18.0 Å². The lowest BCUT2D eigenvalue weighted by Crippen LogP contribution is -2.44. The van der Waals surface area contributed by atoms with Crippen LogP contribution in [0.15, 0.2) is 0 Å². The van der Waals surface area contributed by atoms with E-state index in [9.17, 15) is 18.0 Å². The highest BCUT2D eigenvalue weighted by Crippen LogP contribution is 2.20. The van der Waals surface area contributed by atoms with Crippen LogP contribution in [0.4, 0.5) is 13.2 Å². The van der Waals surface area contributed by atoms with Crippen molar-refractivity contribution in [2.75, 3.05) is 6.54 Å². The van der Waals surface area contributed by atoms with Crippen LogP contribution in [0.1, 0.15) is 33.1 Å². The average molecular weight is 240 g/mol. The van der Waals surface area contributed by atoms with E-state index in [1.807, 2.05) is 13.8 Å². The number of amides is 1. The van der Waals surface area contributed by atoms with Gasteiger partial charge in [-0.3, -0.25) is 4.79 Å². The van der Waals surface area contributed by atoms with E-state index in [0.717, 1.165) is 6.42 Å². The lowest BCUT2D eigenvalue weighted by molar-refractivity contribution is -0.136. The molecule has 0 saturated heterocycles. The van der Waals surface area contributed by atoms with Crippen molar-refractivity contribution in [1.29, 1.82) is 0 Å². The van der Waals surface area contributed by atoms with Gasteiger partial charge in [-0.15, -0.1) is 0 Å². The number of alkyl halides is 3. The summed E-state index contributed by atoms with van der Waals surface area (Å²) >= 11 is 0. The summed E-state index contributed by atoms with van der Waals surface area (Å²) in [5, 5.41) is 2.41. The van der Waals surface area contributed by atoms with Gasteiger partial charge in [0.1, 0.15) is 0 Å². The number of halogens is 3. The molecule has 0 rings (SSSR count). The zero-order chi connectivity index (χ0) is 12.8. The van der Waals surface area contributed by atoms with Crippen LogP contribution in [-0.2, 0) is 4.79 Å². The van der Waals surface area contributed by atoms with Crippen molar-refractivity contribution in [3.63, 3.8) is 0 Å². The Morgan fingerprint density at radius 1 is 1.44 bits per heavy atom. The molecule has 3 N–H and O–H groups in total. The number of nitrogens with two attached hydrogens (primary N) is 1. The van der Waals surface area contributed by atoms with E-state index in [0.29, 0.717) is 0 Å². The Morgan fingerprint density at radius 2 is 2.00 bits per heavy atom. The van der Waals surface area contributed by atoms with Gasteiger partial charge in [-0.25, -0.2) is 0 Å². The second-order valence-electron chi connectivity index (χ2n) is 3.92. The molecule has 0 aliphatic heterocycles. The molecule has 0 aromatic heterocycles. The van der Waals surface area contributed by atoms with Crippen LogP contribution in [0, 0.1) is 5.92 Å². The first-order valence-corrected chi connectivity index (χ1v) is 5.38. The largest absolute Gasteiger partial charge is 0.389 e. The highest BCUT2D eigenvalue weighted by Gasteiger charge is 2.26. The van der Waals surface area contributed by atoms with Crippen molar-refractivity contribution in [1.82, 2.24) is 5.32 Å². The van der Waals surface area contributed by atoms with Gasteiger partial charge in [0, 0.05) is 13.0 Å². The summed E-state index contributed by atoms with van der Waals surface area (Å²) in [6.07, 6.45) is -4.39. The zero-order valence-electron chi connectivity index (χ0n) is 9.60. The molecule has 3 nitrogen and oxygen atoms in total. The molecule has 0 aliphatic carbocycles. The quantitative estimate of drug-likeness (QED) is 0.696. The molecule has 0 spiro atoms. The standard InChI is InChI=1S/C10H19F3N2O/c1-3-7(2)8(14)9(16)15-6-4-5-10(11,12)13/h7-8H,3-6,14H2,1-2H3,(H,15,16)/t7-,8-/m0/s1. The second kappa shape index (κ2) is 6.73. The summed E-state index contributed by atoms with van der Waals surface area (Å²) in [5.41, 5.74) is 5.61. The highest BCUT2D eigenvalue weighted by atomic mass is 19.4. The Balaban J connectivity index is 3.74. The van der Waals surface area contributed by atoms with Crippen LogP contribution in [0.25, 0.3) is 0 Å². The molecule has 96 valence electrons. The minimum Gasteiger partial charge on any atom is -0.355 e. The fraction of sp³-hybridized carbons (Fsp3) is 0.900. The molecule has 6 heteroatoms. The average Bonchev–Trinajstić information content (AvgIpc) is 2.20. The zero-order valence-corrected chi connectivity index (χ0v) is 9.60. The monoisotopic (exact) mass is 240 g/mol. The van der Waals surface area contributed by atoms with Gasteiger partial charge >= 0.3 is 6.18 Å². The summed E-state index contributed by atoms with van der Waals surface area (Å²) < 4.78 is 35.4. The van der Waals surface area contributed by atoms with Crippen molar-refractivity contribution >= 4 is 5.91 Å². The predicted molar refractivity (Wildman–Crippen MR) is 55.7 cm³/mol. The Hall–Kier alpha value is -0.780. The molecule has 2 atom stereocenters. The van der Waals surface area contributed by atoms with Crippen LogP contribution in [0.3, 0.4) is 0 Å². The molecule has 16 heavy (non-hydrogen) atoms. The third-order valence-electron chi connectivity index (χ3n) is 2.50. The van der Waals surface area contributed by atoms with E-state index in [2.05, 4.69) is 5.32 Å². The van der Waals surface area contributed by atoms with Crippen LogP contribution < -0.4 is 11.1 Å². The maximum atomic E-state index is 11.8. The Morgan fingerprint density at radius 3 is 2.44 bits per heavy atom. The first-order chi connectivity index (χ1) is 7.28. The molecule has 0 aromatic rings. The molecule has 1 amide bonds. The molecular formula is C10H19F3N2O. The van der Waals surface area contributed by atoms with Gasteiger partial charge < -0.3 is 11.1 Å². The smallest absolute Gasteiger partial charge is 0.355 e. The van der Waals surface area contributed by atoms with E-state index >= 15 is 0 Å². The molecule has 0 radical (unpaired) electrons. The Kier molecular flexibility index (Phi) is 6.40. The number of carbonyl (C=O) groups excluding carboxylic acids is 1. The summed E-state index contributed by atoms with van der Waals surface area (Å²) in [4.78, 5) is 11.4. The molecule has 0 saturated carbocycles. The normalized spacial score (nSPS) is 15.6. The number of carbonyl (C=O) groups is 1. The van der Waals surface area contributed by atoms with Crippen molar-refractivity contribution in [2.24, 2.45) is 11.7 Å². The Bertz CT molecular complexity index is 219. The Labute approximate surface area is 93.6 Å². The lowest BCUT2D eigenvalue weighted by atomic mass is 9.99. The van der Waals surface area contributed by atoms with Gasteiger partial charge in [0.2, 0.25) is 5.91 Å². The van der Waals surface area contributed by atoms with Crippen LogP contribution in [-0.4, -0.2) is 24.7 Å². The third kappa shape index (κ3) is 6.66. The van der Waals surface area contributed by atoms with Gasteiger partial charge in [-0.1, -0.05) is 20.3 Å². The fourth-order valence-electron chi connectivity index (χ4n) is 1.13. The van der Waals surface area contributed by atoms with Gasteiger partial charge in [-0.2, -0.15) is 13.2 Å². The van der Waals surface area contributed by atoms with Gasteiger partial charge in [0.05, 0.1) is 6.04 Å². The second-order valence-corrected chi connectivity index (χ2v) is 3.92. The molecular weight excluding hydrogens is 221 g/mol. The van der Waals surface area contributed by atoms with Crippen molar-refractivity contribution in [3.8, 4) is 0 Å². The summed E-state index contributed by atoms with van der Waals surface area (Å²) in [6, 6.07) is -0.643. The maximum absolute atomic E-state index is 11.8. The van der Waals surface area contributed by atoms with E-state index < -0.39 is 18.6 Å². The first-order valence-electron chi connectivity index (χ1n) is 5.38. The van der Waals surface area contributed by atoms with E-state index in [1.54, 1.807) is 0 Å². The van der Waals surface area contributed by atoms with Crippen LogP contribution >= 0.6 is 0 Å². The summed E-state index contributed by atoms with van der Waals surface area (Å²) in [5.74, 6) is -0.348. The summed E-state index contributed by atoms with van der Waals surface area (Å²) in [7, 11) is 0. The third-order valence-corrected chi connectivity index (χ3v) is 2.50. The topological polar surface area (TPSA) is 55.1 Å². The van der Waals surface area contributed by atoms with Crippen LogP contribution in [0.2, 0.25) is 0 Å². The predicted octanol–water partition coefficient (Wildman–Crippen LogP) is 1.82. The van der Waals surface area contributed by atoms with Crippen molar-refractivity contribution in [2.45, 2.75) is 45.3 Å². The van der Waals surface area contributed by atoms with E-state index in [4.69, 9.17) is 5.73 Å². The van der Waals surface area contributed by atoms with Gasteiger partial charge in [0.15, 0.2) is 0 Å². The van der Waals surface area contributed by atoms with E-state index in [-0.39, 0.29) is 24.8 Å². The number of hydrogen-bond acceptors (Lipinski definition) is 2. The van der Waals surface area contributed by atoms with Crippen LogP contribution in [0.5, 0.6) is 0 Å². The molecule has 0 unspecified atom stereocenters. The first kappa shape index (κ1) is 15.2. The summed E-state index contributed by atoms with van der Waals surface area (Å²) in [6.45, 7) is 3.75. The fourth-order valence-corrected chi connectivity index (χ4v) is 1.13.